The number of carbonyl (C=O) groups is 1. The standard InChI is InChI=1S/C22H25ClN2O5S/c1-2-24(14-16-15-29-20-7-3-4-8-21(20)30-16)22(26)18-13-17(9-10-19(18)23)31(27,28)25-11-5-6-12-25/h3-4,7-10,13,16H,2,5-6,11-12,14-15H2,1H3. The highest BCUT2D eigenvalue weighted by Gasteiger charge is 2.30. The first-order chi connectivity index (χ1) is 14.9. The summed E-state index contributed by atoms with van der Waals surface area (Å²) in [5.74, 6) is 0.975. The topological polar surface area (TPSA) is 76.1 Å². The van der Waals surface area contributed by atoms with Crippen LogP contribution >= 0.6 is 11.6 Å². The van der Waals surface area contributed by atoms with E-state index >= 15 is 0 Å². The molecule has 2 aliphatic rings. The third-order valence-electron chi connectivity index (χ3n) is 5.53. The highest BCUT2D eigenvalue weighted by molar-refractivity contribution is 7.89. The Hall–Kier alpha value is -2.29. The van der Waals surface area contributed by atoms with E-state index in [1.54, 1.807) is 4.90 Å². The van der Waals surface area contributed by atoms with Crippen molar-refractivity contribution in [1.82, 2.24) is 9.21 Å². The second-order valence-electron chi connectivity index (χ2n) is 7.59. The number of halogens is 1. The Kier molecular flexibility index (Phi) is 6.41. The largest absolute Gasteiger partial charge is 0.486 e. The fraction of sp³-hybridized carbons (Fsp3) is 0.409. The Morgan fingerprint density at radius 2 is 1.87 bits per heavy atom. The minimum atomic E-state index is -3.65. The molecule has 0 aromatic heterocycles. The number of para-hydroxylation sites is 2. The maximum atomic E-state index is 13.3. The Balaban J connectivity index is 1.53. The molecule has 2 aromatic rings. The molecule has 166 valence electrons. The van der Waals surface area contributed by atoms with Crippen molar-refractivity contribution >= 4 is 27.5 Å². The van der Waals surface area contributed by atoms with Crippen LogP contribution < -0.4 is 9.47 Å². The zero-order valence-corrected chi connectivity index (χ0v) is 18.9. The fourth-order valence-electron chi connectivity index (χ4n) is 3.83. The SMILES string of the molecule is CCN(CC1COc2ccccc2O1)C(=O)c1cc(S(=O)(=O)N2CCCC2)ccc1Cl. The normalized spacial score (nSPS) is 18.7. The first-order valence-corrected chi connectivity index (χ1v) is 12.2. The number of hydrogen-bond acceptors (Lipinski definition) is 5. The fourth-order valence-corrected chi connectivity index (χ4v) is 5.57. The van der Waals surface area contributed by atoms with Gasteiger partial charge in [-0.2, -0.15) is 4.31 Å². The number of fused-ring (bicyclic) bond motifs is 1. The van der Waals surface area contributed by atoms with Gasteiger partial charge in [0.15, 0.2) is 17.6 Å². The van der Waals surface area contributed by atoms with Crippen LogP contribution in [-0.4, -0.2) is 62.4 Å². The van der Waals surface area contributed by atoms with Gasteiger partial charge in [0.25, 0.3) is 5.91 Å². The molecule has 2 aliphatic heterocycles. The van der Waals surface area contributed by atoms with E-state index in [2.05, 4.69) is 0 Å². The maximum absolute atomic E-state index is 13.3. The maximum Gasteiger partial charge on any atom is 0.255 e. The van der Waals surface area contributed by atoms with Crippen molar-refractivity contribution in [1.29, 1.82) is 0 Å². The third kappa shape index (κ3) is 4.51. The quantitative estimate of drug-likeness (QED) is 0.654. The molecule has 1 unspecified atom stereocenters. The molecule has 0 bridgehead atoms. The smallest absolute Gasteiger partial charge is 0.255 e. The van der Waals surface area contributed by atoms with Crippen molar-refractivity contribution in [2.24, 2.45) is 0 Å². The van der Waals surface area contributed by atoms with E-state index in [-0.39, 0.29) is 27.5 Å². The molecule has 0 N–H and O–H groups in total. The lowest BCUT2D eigenvalue weighted by Crippen LogP contribution is -2.43. The van der Waals surface area contributed by atoms with Crippen LogP contribution in [0.5, 0.6) is 11.5 Å². The molecule has 1 fully saturated rings. The van der Waals surface area contributed by atoms with Crippen LogP contribution in [0.2, 0.25) is 5.02 Å². The molecule has 7 nitrogen and oxygen atoms in total. The van der Waals surface area contributed by atoms with Gasteiger partial charge in [-0.05, 0) is 50.1 Å². The van der Waals surface area contributed by atoms with E-state index in [9.17, 15) is 13.2 Å². The molecule has 0 radical (unpaired) electrons. The van der Waals surface area contributed by atoms with E-state index in [1.165, 1.54) is 22.5 Å². The number of likely N-dealkylation sites (N-methyl/N-ethyl adjacent to an activating group) is 1. The molecule has 2 heterocycles. The molecule has 31 heavy (non-hydrogen) atoms. The van der Waals surface area contributed by atoms with Crippen molar-refractivity contribution < 1.29 is 22.7 Å². The number of ether oxygens (including phenoxy) is 2. The van der Waals surface area contributed by atoms with Gasteiger partial charge in [-0.15, -0.1) is 0 Å². The third-order valence-corrected chi connectivity index (χ3v) is 7.76. The van der Waals surface area contributed by atoms with Crippen LogP contribution in [0.15, 0.2) is 47.4 Å². The number of nitrogens with zero attached hydrogens (tertiary/aromatic N) is 2. The van der Waals surface area contributed by atoms with Gasteiger partial charge in [-0.25, -0.2) is 8.42 Å². The highest BCUT2D eigenvalue weighted by Crippen LogP contribution is 2.31. The summed E-state index contributed by atoms with van der Waals surface area (Å²) < 4.78 is 39.0. The first-order valence-electron chi connectivity index (χ1n) is 10.4. The molecule has 2 aromatic carbocycles. The van der Waals surface area contributed by atoms with Gasteiger partial charge < -0.3 is 14.4 Å². The molecule has 0 saturated carbocycles. The van der Waals surface area contributed by atoms with E-state index in [0.29, 0.717) is 44.3 Å². The monoisotopic (exact) mass is 464 g/mol. The van der Waals surface area contributed by atoms with Crippen LogP contribution in [0.25, 0.3) is 0 Å². The van der Waals surface area contributed by atoms with Gasteiger partial charge in [0.1, 0.15) is 6.61 Å². The number of rotatable bonds is 6. The van der Waals surface area contributed by atoms with E-state index in [4.69, 9.17) is 21.1 Å². The molecular formula is C22H25ClN2O5S. The van der Waals surface area contributed by atoms with Crippen molar-refractivity contribution in [3.05, 3.63) is 53.1 Å². The summed E-state index contributed by atoms with van der Waals surface area (Å²) >= 11 is 6.30. The summed E-state index contributed by atoms with van der Waals surface area (Å²) in [5, 5.41) is 0.218. The van der Waals surface area contributed by atoms with Gasteiger partial charge in [-0.3, -0.25) is 4.79 Å². The molecule has 1 atom stereocenters. The minimum Gasteiger partial charge on any atom is -0.486 e. The van der Waals surface area contributed by atoms with Crippen molar-refractivity contribution in [3.8, 4) is 11.5 Å². The van der Waals surface area contributed by atoms with Crippen molar-refractivity contribution in [3.63, 3.8) is 0 Å². The van der Waals surface area contributed by atoms with Gasteiger partial charge in [-0.1, -0.05) is 23.7 Å². The van der Waals surface area contributed by atoms with E-state index in [1.807, 2.05) is 31.2 Å². The number of hydrogen-bond donors (Lipinski definition) is 0. The summed E-state index contributed by atoms with van der Waals surface area (Å²) in [4.78, 5) is 14.9. The molecular weight excluding hydrogens is 440 g/mol. The van der Waals surface area contributed by atoms with Crippen molar-refractivity contribution in [2.75, 3.05) is 32.8 Å². The Bertz CT molecular complexity index is 1070. The number of sulfonamides is 1. The predicted octanol–water partition coefficient (Wildman–Crippen LogP) is 3.43. The van der Waals surface area contributed by atoms with Crippen LogP contribution in [0.1, 0.15) is 30.1 Å². The number of carbonyl (C=O) groups excluding carboxylic acids is 1. The summed E-state index contributed by atoms with van der Waals surface area (Å²) in [6, 6.07) is 11.7. The summed E-state index contributed by atoms with van der Waals surface area (Å²) in [7, 11) is -3.65. The lowest BCUT2D eigenvalue weighted by atomic mass is 10.1. The minimum absolute atomic E-state index is 0.0874. The average molecular weight is 465 g/mol. The Morgan fingerprint density at radius 3 is 2.58 bits per heavy atom. The first kappa shape index (κ1) is 21.9. The summed E-state index contributed by atoms with van der Waals surface area (Å²) in [6.07, 6.45) is 1.35. The van der Waals surface area contributed by atoms with Gasteiger partial charge in [0, 0.05) is 19.6 Å². The number of amides is 1. The second-order valence-corrected chi connectivity index (χ2v) is 9.94. The van der Waals surface area contributed by atoms with Crippen LogP contribution in [-0.2, 0) is 10.0 Å². The van der Waals surface area contributed by atoms with Gasteiger partial charge in [0.2, 0.25) is 10.0 Å². The Labute approximate surface area is 187 Å². The molecule has 1 amide bonds. The zero-order chi connectivity index (χ0) is 22.0. The highest BCUT2D eigenvalue weighted by atomic mass is 35.5. The summed E-state index contributed by atoms with van der Waals surface area (Å²) in [5.41, 5.74) is 0.168. The van der Waals surface area contributed by atoms with Crippen LogP contribution in [0.4, 0.5) is 0 Å². The lowest BCUT2D eigenvalue weighted by molar-refractivity contribution is 0.0475. The number of benzene rings is 2. The molecule has 0 spiro atoms. The predicted molar refractivity (Wildman–Crippen MR) is 117 cm³/mol. The van der Waals surface area contributed by atoms with Gasteiger partial charge in [0.05, 0.1) is 22.0 Å². The lowest BCUT2D eigenvalue weighted by Gasteiger charge is -2.31. The molecule has 9 heteroatoms. The molecule has 1 saturated heterocycles. The molecule has 4 rings (SSSR count). The zero-order valence-electron chi connectivity index (χ0n) is 17.3. The molecule has 0 aliphatic carbocycles. The van der Waals surface area contributed by atoms with Gasteiger partial charge >= 0.3 is 0 Å². The average Bonchev–Trinajstić information content (AvgIpc) is 3.33. The van der Waals surface area contributed by atoms with Crippen molar-refractivity contribution in [2.45, 2.75) is 30.8 Å². The second kappa shape index (κ2) is 9.06. The Morgan fingerprint density at radius 1 is 1.16 bits per heavy atom. The van der Waals surface area contributed by atoms with Crippen LogP contribution in [0, 0.1) is 0 Å². The van der Waals surface area contributed by atoms with E-state index in [0.717, 1.165) is 12.8 Å². The van der Waals surface area contributed by atoms with E-state index < -0.39 is 10.0 Å². The summed E-state index contributed by atoms with van der Waals surface area (Å²) in [6.45, 7) is 3.88. The van der Waals surface area contributed by atoms with Crippen LogP contribution in [0.3, 0.4) is 0 Å².